The van der Waals surface area contributed by atoms with Gasteiger partial charge in [0.15, 0.2) is 21.4 Å². The van der Waals surface area contributed by atoms with Gasteiger partial charge >= 0.3 is 0 Å². The number of benzene rings is 2. The van der Waals surface area contributed by atoms with Crippen molar-refractivity contribution in [3.8, 4) is 11.5 Å². The Morgan fingerprint density at radius 3 is 2.39 bits per heavy atom. The maximum Gasteiger partial charge on any atom is 0.257 e. The number of hydrogen-bond acceptors (Lipinski definition) is 6. The Hall–Kier alpha value is -2.94. The summed E-state index contributed by atoms with van der Waals surface area (Å²) in [6.07, 6.45) is 2.47. The molecule has 2 aromatic carbocycles. The summed E-state index contributed by atoms with van der Waals surface area (Å²) in [7, 11) is -3.49. The molecule has 178 valence electrons. The molecule has 0 saturated carbocycles. The zero-order chi connectivity index (χ0) is 24.2. The van der Waals surface area contributed by atoms with Gasteiger partial charge in [0.05, 0.1) is 16.6 Å². The van der Waals surface area contributed by atoms with Gasteiger partial charge in [-0.05, 0) is 49.7 Å². The fraction of sp³-hybridized carbons (Fsp3) is 0.417. The van der Waals surface area contributed by atoms with Gasteiger partial charge in [-0.1, -0.05) is 6.07 Å². The molecule has 0 spiro atoms. The van der Waals surface area contributed by atoms with Crippen LogP contribution >= 0.6 is 0 Å². The number of sulfone groups is 1. The van der Waals surface area contributed by atoms with Crippen molar-refractivity contribution < 1.29 is 31.9 Å². The van der Waals surface area contributed by atoms with E-state index in [1.165, 1.54) is 30.3 Å². The van der Waals surface area contributed by atoms with E-state index in [1.54, 1.807) is 11.0 Å². The van der Waals surface area contributed by atoms with Crippen molar-refractivity contribution in [2.45, 2.75) is 50.2 Å². The first-order valence-electron chi connectivity index (χ1n) is 10.8. The molecule has 1 aliphatic heterocycles. The van der Waals surface area contributed by atoms with E-state index in [0.717, 1.165) is 6.26 Å². The summed E-state index contributed by atoms with van der Waals surface area (Å²) in [6.45, 7) is 4.40. The van der Waals surface area contributed by atoms with Crippen LogP contribution in [0.5, 0.6) is 11.5 Å². The van der Waals surface area contributed by atoms with E-state index in [0.29, 0.717) is 43.5 Å². The highest BCUT2D eigenvalue weighted by atomic mass is 32.2. The van der Waals surface area contributed by atoms with Crippen molar-refractivity contribution >= 4 is 22.0 Å². The van der Waals surface area contributed by atoms with Crippen molar-refractivity contribution in [3.05, 3.63) is 53.3 Å². The normalized spacial score (nSPS) is 14.9. The number of nitrogens with zero attached hydrogens (tertiary/aromatic N) is 1. The topological polar surface area (TPSA) is 90.0 Å². The second-order valence-electron chi connectivity index (χ2n) is 8.34. The van der Waals surface area contributed by atoms with Crippen molar-refractivity contribution in [1.82, 2.24) is 4.90 Å². The number of hydrogen-bond donors (Lipinski definition) is 0. The van der Waals surface area contributed by atoms with Crippen LogP contribution in [0.15, 0.2) is 41.3 Å². The van der Waals surface area contributed by atoms with Crippen LogP contribution in [0.25, 0.3) is 0 Å². The lowest BCUT2D eigenvalue weighted by Crippen LogP contribution is -2.42. The molecule has 0 radical (unpaired) electrons. The molecular formula is C24H28FNO6S. The number of likely N-dealkylation sites (tertiary alicyclic amines) is 1. The molecule has 0 aliphatic carbocycles. The van der Waals surface area contributed by atoms with E-state index in [4.69, 9.17) is 9.47 Å². The molecule has 1 aliphatic rings. The number of ether oxygens (including phenoxy) is 2. The standard InChI is InChI=1S/C24H28FNO6S/c1-16(2)31-22-7-5-19(33(3,29)30)15-20(22)24(28)26-11-8-18(9-12-26)32-23-6-4-17(10-13-27)14-21(23)25/h4-7,13-16,18H,8-12H2,1-3H3. The average molecular weight is 478 g/mol. The molecule has 1 heterocycles. The van der Waals surface area contributed by atoms with Gasteiger partial charge < -0.3 is 19.2 Å². The highest BCUT2D eigenvalue weighted by molar-refractivity contribution is 7.90. The number of amides is 1. The molecule has 0 aromatic heterocycles. The first-order chi connectivity index (χ1) is 15.6. The molecule has 1 saturated heterocycles. The van der Waals surface area contributed by atoms with Gasteiger partial charge in [-0.2, -0.15) is 0 Å². The molecule has 0 bridgehead atoms. The Balaban J connectivity index is 1.70. The SMILES string of the molecule is CC(C)Oc1ccc(S(C)(=O)=O)cc1C(=O)N1CCC(Oc2ccc(CC=O)cc2F)CC1. The van der Waals surface area contributed by atoms with E-state index >= 15 is 0 Å². The van der Waals surface area contributed by atoms with Crippen molar-refractivity contribution in [2.24, 2.45) is 0 Å². The van der Waals surface area contributed by atoms with E-state index in [2.05, 4.69) is 0 Å². The monoisotopic (exact) mass is 477 g/mol. The maximum absolute atomic E-state index is 14.3. The van der Waals surface area contributed by atoms with Gasteiger partial charge in [-0.3, -0.25) is 4.79 Å². The van der Waals surface area contributed by atoms with Crippen LogP contribution in [0.2, 0.25) is 0 Å². The number of carbonyl (C=O) groups excluding carboxylic acids is 2. The highest BCUT2D eigenvalue weighted by Crippen LogP contribution is 2.28. The van der Waals surface area contributed by atoms with Gasteiger partial charge in [0, 0.05) is 38.6 Å². The molecule has 0 unspecified atom stereocenters. The lowest BCUT2D eigenvalue weighted by atomic mass is 10.1. The van der Waals surface area contributed by atoms with Gasteiger partial charge in [-0.25, -0.2) is 12.8 Å². The summed E-state index contributed by atoms with van der Waals surface area (Å²) in [6, 6.07) is 8.74. The van der Waals surface area contributed by atoms with Crippen LogP contribution in [-0.2, 0) is 21.1 Å². The van der Waals surface area contributed by atoms with Crippen LogP contribution in [-0.4, -0.2) is 57.1 Å². The number of rotatable bonds is 8. The van der Waals surface area contributed by atoms with Crippen molar-refractivity contribution in [2.75, 3.05) is 19.3 Å². The van der Waals surface area contributed by atoms with Gasteiger partial charge in [-0.15, -0.1) is 0 Å². The predicted octanol–water partition coefficient (Wildman–Crippen LogP) is 3.44. The molecule has 7 nitrogen and oxygen atoms in total. The van der Waals surface area contributed by atoms with E-state index in [-0.39, 0.29) is 40.7 Å². The summed E-state index contributed by atoms with van der Waals surface area (Å²) in [5, 5.41) is 0. The summed E-state index contributed by atoms with van der Waals surface area (Å²) in [4.78, 5) is 25.5. The largest absolute Gasteiger partial charge is 0.490 e. The summed E-state index contributed by atoms with van der Waals surface area (Å²) in [5.41, 5.74) is 0.772. The number of aldehydes is 1. The molecule has 33 heavy (non-hydrogen) atoms. The summed E-state index contributed by atoms with van der Waals surface area (Å²) < 4.78 is 49.8. The highest BCUT2D eigenvalue weighted by Gasteiger charge is 2.28. The Bertz CT molecular complexity index is 1120. The summed E-state index contributed by atoms with van der Waals surface area (Å²) in [5.74, 6) is -0.402. The quantitative estimate of drug-likeness (QED) is 0.541. The zero-order valence-electron chi connectivity index (χ0n) is 18.9. The second kappa shape index (κ2) is 10.3. The molecule has 2 aromatic rings. The molecule has 3 rings (SSSR count). The van der Waals surface area contributed by atoms with Crippen molar-refractivity contribution in [1.29, 1.82) is 0 Å². The van der Waals surface area contributed by atoms with E-state index in [9.17, 15) is 22.4 Å². The summed E-state index contributed by atoms with van der Waals surface area (Å²) >= 11 is 0. The lowest BCUT2D eigenvalue weighted by molar-refractivity contribution is -0.107. The maximum atomic E-state index is 14.3. The smallest absolute Gasteiger partial charge is 0.257 e. The fourth-order valence-corrected chi connectivity index (χ4v) is 4.30. The third-order valence-corrected chi connectivity index (χ3v) is 6.42. The van der Waals surface area contributed by atoms with Crippen LogP contribution in [0, 0.1) is 5.82 Å². The third-order valence-electron chi connectivity index (χ3n) is 5.31. The minimum Gasteiger partial charge on any atom is -0.490 e. The molecule has 1 fully saturated rings. The van der Waals surface area contributed by atoms with Crippen LogP contribution in [0.4, 0.5) is 4.39 Å². The Morgan fingerprint density at radius 2 is 1.82 bits per heavy atom. The number of carbonyl (C=O) groups is 2. The van der Waals surface area contributed by atoms with Crippen LogP contribution < -0.4 is 9.47 Å². The number of halogens is 1. The van der Waals surface area contributed by atoms with Gasteiger partial charge in [0.1, 0.15) is 18.1 Å². The van der Waals surface area contributed by atoms with Crippen LogP contribution in [0.3, 0.4) is 0 Å². The molecule has 1 amide bonds. The zero-order valence-corrected chi connectivity index (χ0v) is 19.7. The Kier molecular flexibility index (Phi) is 7.73. The third kappa shape index (κ3) is 6.31. The van der Waals surface area contributed by atoms with Crippen LogP contribution in [0.1, 0.15) is 42.6 Å². The average Bonchev–Trinajstić information content (AvgIpc) is 2.75. The van der Waals surface area contributed by atoms with E-state index < -0.39 is 15.7 Å². The molecule has 0 atom stereocenters. The lowest BCUT2D eigenvalue weighted by Gasteiger charge is -2.32. The Labute approximate surface area is 193 Å². The second-order valence-corrected chi connectivity index (χ2v) is 10.4. The van der Waals surface area contributed by atoms with Gasteiger partial charge in [0.2, 0.25) is 0 Å². The minimum absolute atomic E-state index is 0.0497. The first-order valence-corrected chi connectivity index (χ1v) is 12.7. The fourth-order valence-electron chi connectivity index (χ4n) is 3.65. The van der Waals surface area contributed by atoms with E-state index in [1.807, 2.05) is 13.8 Å². The molecule has 0 N–H and O–H groups in total. The van der Waals surface area contributed by atoms with Crippen molar-refractivity contribution in [3.63, 3.8) is 0 Å². The molecular weight excluding hydrogens is 449 g/mol. The molecule has 9 heteroatoms. The first kappa shape index (κ1) is 24.7. The predicted molar refractivity (Wildman–Crippen MR) is 121 cm³/mol. The van der Waals surface area contributed by atoms with Gasteiger partial charge in [0.25, 0.3) is 5.91 Å². The minimum atomic E-state index is -3.49. The number of piperidine rings is 1. The Morgan fingerprint density at radius 1 is 1.15 bits per heavy atom.